The molecule has 0 radical (unpaired) electrons. The number of likely N-dealkylation sites (tertiary alicyclic amines) is 1. The lowest BCUT2D eigenvalue weighted by atomic mass is 9.97. The second kappa shape index (κ2) is 10.6. The van der Waals surface area contributed by atoms with Gasteiger partial charge in [0.25, 0.3) is 0 Å². The maximum absolute atomic E-state index is 13.5. The van der Waals surface area contributed by atoms with Gasteiger partial charge in [0.2, 0.25) is 11.8 Å². The minimum Gasteiger partial charge on any atom is -0.343 e. The molecule has 3 rings (SSSR count). The Labute approximate surface area is 186 Å². The van der Waals surface area contributed by atoms with Crippen LogP contribution in [0.25, 0.3) is 0 Å². The Morgan fingerprint density at radius 1 is 1.03 bits per heavy atom. The van der Waals surface area contributed by atoms with E-state index in [0.29, 0.717) is 0 Å². The van der Waals surface area contributed by atoms with Crippen molar-refractivity contribution in [1.82, 2.24) is 15.5 Å². The van der Waals surface area contributed by atoms with Crippen LogP contribution in [0.2, 0.25) is 0 Å². The second-order valence-corrected chi connectivity index (χ2v) is 8.84. The number of hydrogen-bond donors (Lipinski definition) is 2. The van der Waals surface area contributed by atoms with Gasteiger partial charge in [0.05, 0.1) is 12.1 Å². The van der Waals surface area contributed by atoms with E-state index < -0.39 is 6.04 Å². The summed E-state index contributed by atoms with van der Waals surface area (Å²) in [5.41, 5.74) is 3.71. The highest BCUT2D eigenvalue weighted by Crippen LogP contribution is 2.33. The number of benzene rings is 2. The highest BCUT2D eigenvalue weighted by Gasteiger charge is 2.36. The molecule has 0 saturated carbocycles. The minimum absolute atomic E-state index is 0.0163. The summed E-state index contributed by atoms with van der Waals surface area (Å²) in [6.07, 6.45) is 2.80. The summed E-state index contributed by atoms with van der Waals surface area (Å²) in [6.45, 7) is 6.50. The molecule has 1 aliphatic rings. The van der Waals surface area contributed by atoms with Crippen molar-refractivity contribution in [2.75, 3.05) is 13.6 Å². The first-order chi connectivity index (χ1) is 14.9. The molecular weight excluding hydrogens is 386 g/mol. The van der Waals surface area contributed by atoms with Gasteiger partial charge in [0.15, 0.2) is 0 Å². The largest absolute Gasteiger partial charge is 0.343 e. The number of nitrogens with zero attached hydrogens (tertiary/aromatic N) is 1. The number of likely N-dealkylation sites (N-methyl/N-ethyl adjacent to an activating group) is 1. The topological polar surface area (TPSA) is 61.4 Å². The molecule has 0 spiro atoms. The Morgan fingerprint density at radius 3 is 2.42 bits per heavy atom. The van der Waals surface area contributed by atoms with Gasteiger partial charge in [-0.2, -0.15) is 0 Å². The van der Waals surface area contributed by atoms with Gasteiger partial charge in [-0.25, -0.2) is 0 Å². The molecule has 2 amide bonds. The lowest BCUT2D eigenvalue weighted by molar-refractivity contribution is -0.138. The molecule has 0 unspecified atom stereocenters. The third-order valence-electron chi connectivity index (χ3n) is 6.18. The molecule has 0 aromatic heterocycles. The molecule has 5 heteroatoms. The van der Waals surface area contributed by atoms with Crippen LogP contribution in [-0.4, -0.2) is 42.4 Å². The van der Waals surface area contributed by atoms with E-state index in [0.717, 1.165) is 25.8 Å². The van der Waals surface area contributed by atoms with E-state index >= 15 is 0 Å². The van der Waals surface area contributed by atoms with Gasteiger partial charge in [-0.1, -0.05) is 68.4 Å². The van der Waals surface area contributed by atoms with Crippen molar-refractivity contribution < 1.29 is 9.59 Å². The van der Waals surface area contributed by atoms with Crippen LogP contribution < -0.4 is 10.6 Å². The van der Waals surface area contributed by atoms with Gasteiger partial charge in [-0.15, -0.1) is 0 Å². The molecule has 166 valence electrons. The van der Waals surface area contributed by atoms with Crippen LogP contribution in [0, 0.1) is 5.92 Å². The molecule has 2 aromatic carbocycles. The average Bonchev–Trinajstić information content (AvgIpc) is 3.27. The second-order valence-electron chi connectivity index (χ2n) is 8.84. The molecule has 0 aliphatic carbocycles. The molecule has 1 saturated heterocycles. The zero-order valence-corrected chi connectivity index (χ0v) is 19.1. The molecule has 2 N–H and O–H groups in total. The monoisotopic (exact) mass is 421 g/mol. The standard InChI is InChI=1S/C26H35N3O2/c1-18(2)24(28-25(30)19(3)27-4)26(31)29-15-9-14-23(29)22-13-8-12-21(17-22)16-20-10-6-5-7-11-20/h5-8,10-13,17-19,23-24,27H,9,14-16H2,1-4H3,(H,28,30)/t19-,23-,24+/m0/s1. The summed E-state index contributed by atoms with van der Waals surface area (Å²) in [4.78, 5) is 27.9. The van der Waals surface area contributed by atoms with Crippen molar-refractivity contribution in [1.29, 1.82) is 0 Å². The van der Waals surface area contributed by atoms with Crippen molar-refractivity contribution in [3.8, 4) is 0 Å². The van der Waals surface area contributed by atoms with Crippen molar-refractivity contribution >= 4 is 11.8 Å². The summed E-state index contributed by atoms with van der Waals surface area (Å²) in [5.74, 6) is -0.107. The van der Waals surface area contributed by atoms with Crippen LogP contribution in [-0.2, 0) is 16.0 Å². The van der Waals surface area contributed by atoms with Crippen LogP contribution in [0.3, 0.4) is 0 Å². The highest BCUT2D eigenvalue weighted by molar-refractivity contribution is 5.90. The number of amides is 2. The zero-order valence-electron chi connectivity index (χ0n) is 19.1. The lowest BCUT2D eigenvalue weighted by Crippen LogP contribution is -2.54. The molecule has 31 heavy (non-hydrogen) atoms. The Morgan fingerprint density at radius 2 is 1.74 bits per heavy atom. The van der Waals surface area contributed by atoms with Gasteiger partial charge in [-0.3, -0.25) is 9.59 Å². The Hall–Kier alpha value is -2.66. The van der Waals surface area contributed by atoms with E-state index in [-0.39, 0.29) is 29.8 Å². The van der Waals surface area contributed by atoms with Crippen LogP contribution in [0.4, 0.5) is 0 Å². The summed E-state index contributed by atoms with van der Waals surface area (Å²) in [6, 6.07) is 18.2. The number of carbonyl (C=O) groups excluding carboxylic acids is 2. The fourth-order valence-corrected chi connectivity index (χ4v) is 4.22. The minimum atomic E-state index is -0.517. The Bertz CT molecular complexity index is 881. The molecular formula is C26H35N3O2. The van der Waals surface area contributed by atoms with E-state index in [1.54, 1.807) is 14.0 Å². The predicted molar refractivity (Wildman–Crippen MR) is 125 cm³/mol. The Kier molecular flexibility index (Phi) is 7.85. The fourth-order valence-electron chi connectivity index (χ4n) is 4.22. The van der Waals surface area contributed by atoms with Gasteiger partial charge in [-0.05, 0) is 55.8 Å². The molecule has 1 aliphatic heterocycles. The Balaban J connectivity index is 1.77. The van der Waals surface area contributed by atoms with E-state index in [9.17, 15) is 9.59 Å². The fraction of sp³-hybridized carbons (Fsp3) is 0.462. The van der Waals surface area contributed by atoms with E-state index in [1.807, 2.05) is 24.8 Å². The van der Waals surface area contributed by atoms with Gasteiger partial charge in [0.1, 0.15) is 6.04 Å². The summed E-state index contributed by atoms with van der Waals surface area (Å²) >= 11 is 0. The van der Waals surface area contributed by atoms with Gasteiger partial charge >= 0.3 is 0 Å². The first-order valence-electron chi connectivity index (χ1n) is 11.3. The first-order valence-corrected chi connectivity index (χ1v) is 11.3. The average molecular weight is 422 g/mol. The maximum atomic E-state index is 13.5. The third-order valence-corrected chi connectivity index (χ3v) is 6.18. The highest BCUT2D eigenvalue weighted by atomic mass is 16.2. The molecule has 0 bridgehead atoms. The molecule has 1 heterocycles. The number of hydrogen-bond acceptors (Lipinski definition) is 3. The number of carbonyl (C=O) groups is 2. The van der Waals surface area contributed by atoms with Crippen LogP contribution in [0.1, 0.15) is 56.3 Å². The van der Waals surface area contributed by atoms with Crippen molar-refractivity contribution in [3.63, 3.8) is 0 Å². The zero-order chi connectivity index (χ0) is 22.4. The number of rotatable bonds is 8. The summed E-state index contributed by atoms with van der Waals surface area (Å²) in [7, 11) is 1.75. The van der Waals surface area contributed by atoms with Crippen LogP contribution >= 0.6 is 0 Å². The van der Waals surface area contributed by atoms with Gasteiger partial charge < -0.3 is 15.5 Å². The van der Waals surface area contributed by atoms with E-state index in [1.165, 1.54) is 16.7 Å². The normalized spacial score (nSPS) is 18.1. The molecule has 1 fully saturated rings. The summed E-state index contributed by atoms with van der Waals surface area (Å²) < 4.78 is 0. The molecule has 2 aromatic rings. The first kappa shape index (κ1) is 23.0. The quantitative estimate of drug-likeness (QED) is 0.683. The van der Waals surface area contributed by atoms with Crippen molar-refractivity contribution in [2.24, 2.45) is 5.92 Å². The molecule has 5 nitrogen and oxygen atoms in total. The van der Waals surface area contributed by atoms with Crippen molar-refractivity contribution in [2.45, 2.75) is 58.2 Å². The van der Waals surface area contributed by atoms with Crippen LogP contribution in [0.15, 0.2) is 54.6 Å². The van der Waals surface area contributed by atoms with Gasteiger partial charge in [0, 0.05) is 6.54 Å². The smallest absolute Gasteiger partial charge is 0.245 e. The predicted octanol–water partition coefficient (Wildman–Crippen LogP) is 3.69. The van der Waals surface area contributed by atoms with Crippen molar-refractivity contribution in [3.05, 3.63) is 71.3 Å². The number of nitrogens with one attached hydrogen (secondary N) is 2. The summed E-state index contributed by atoms with van der Waals surface area (Å²) in [5, 5.41) is 5.91. The lowest BCUT2D eigenvalue weighted by Gasteiger charge is -2.32. The SMILES string of the molecule is CN[C@@H](C)C(=O)N[C@@H](C(=O)N1CCC[C@H]1c1cccc(Cc2ccccc2)c1)C(C)C. The van der Waals surface area contributed by atoms with Crippen LogP contribution in [0.5, 0.6) is 0 Å². The maximum Gasteiger partial charge on any atom is 0.245 e. The third kappa shape index (κ3) is 5.73. The van der Waals surface area contributed by atoms with E-state index in [4.69, 9.17) is 0 Å². The van der Waals surface area contributed by atoms with E-state index in [2.05, 4.69) is 59.2 Å². The molecule has 3 atom stereocenters.